The van der Waals surface area contributed by atoms with Crippen LogP contribution in [0.25, 0.3) is 22.4 Å². The molecular weight excluding hydrogens is 424 g/mol. The molecule has 0 radical (unpaired) electrons. The Kier molecular flexibility index (Phi) is 6.66. The van der Waals surface area contributed by atoms with Crippen molar-refractivity contribution < 1.29 is 9.59 Å². The zero-order chi connectivity index (χ0) is 23.5. The first-order valence-corrected chi connectivity index (χ1v) is 12.8. The van der Waals surface area contributed by atoms with Gasteiger partial charge < -0.3 is 15.6 Å². The summed E-state index contributed by atoms with van der Waals surface area (Å²) in [6.45, 7) is 2.24. The molecule has 178 valence electrons. The Morgan fingerprint density at radius 2 is 1.71 bits per heavy atom. The maximum absolute atomic E-state index is 12.7. The summed E-state index contributed by atoms with van der Waals surface area (Å²) in [5.74, 6) is 1.76. The highest BCUT2D eigenvalue weighted by molar-refractivity contribution is 5.98. The number of carbonyl (C=O) groups excluding carboxylic acids is 2. The summed E-state index contributed by atoms with van der Waals surface area (Å²) >= 11 is 0. The number of aromatic amines is 1. The molecule has 2 saturated carbocycles. The van der Waals surface area contributed by atoms with E-state index in [2.05, 4.69) is 22.5 Å². The van der Waals surface area contributed by atoms with E-state index in [-0.39, 0.29) is 17.7 Å². The monoisotopic (exact) mass is 458 g/mol. The molecular formula is C28H34N4O2. The van der Waals surface area contributed by atoms with Crippen LogP contribution in [-0.4, -0.2) is 27.8 Å². The smallest absolute Gasteiger partial charge is 0.251 e. The van der Waals surface area contributed by atoms with E-state index in [1.807, 2.05) is 42.5 Å². The Morgan fingerprint density at radius 1 is 0.971 bits per heavy atom. The predicted octanol–water partition coefficient (Wildman–Crippen LogP) is 6.06. The molecule has 0 bridgehead atoms. The molecule has 5 rings (SSSR count). The van der Waals surface area contributed by atoms with E-state index in [0.717, 1.165) is 72.6 Å². The van der Waals surface area contributed by atoms with E-state index in [1.165, 1.54) is 19.3 Å². The van der Waals surface area contributed by atoms with Crippen LogP contribution in [0.1, 0.15) is 75.1 Å². The molecule has 0 saturated heterocycles. The lowest BCUT2D eigenvalue weighted by Gasteiger charge is -2.26. The molecule has 6 nitrogen and oxygen atoms in total. The molecule has 6 heteroatoms. The van der Waals surface area contributed by atoms with Crippen LogP contribution in [0.5, 0.6) is 0 Å². The van der Waals surface area contributed by atoms with E-state index in [0.29, 0.717) is 11.6 Å². The summed E-state index contributed by atoms with van der Waals surface area (Å²) in [5, 5.41) is 6.22. The van der Waals surface area contributed by atoms with E-state index in [4.69, 9.17) is 4.98 Å². The van der Waals surface area contributed by atoms with Gasteiger partial charge in [0.25, 0.3) is 5.91 Å². The fourth-order valence-corrected chi connectivity index (χ4v) is 5.41. The second-order valence-electron chi connectivity index (χ2n) is 9.96. The number of nitrogens with one attached hydrogen (secondary N) is 3. The van der Waals surface area contributed by atoms with Gasteiger partial charge in [0.15, 0.2) is 0 Å². The maximum atomic E-state index is 12.7. The van der Waals surface area contributed by atoms with Crippen molar-refractivity contribution in [3.8, 4) is 11.4 Å². The van der Waals surface area contributed by atoms with Crippen molar-refractivity contribution in [1.82, 2.24) is 15.3 Å². The molecule has 0 atom stereocenters. The van der Waals surface area contributed by atoms with Crippen LogP contribution in [0.4, 0.5) is 5.69 Å². The number of anilines is 1. The second-order valence-corrected chi connectivity index (χ2v) is 9.96. The highest BCUT2D eigenvalue weighted by Gasteiger charge is 2.25. The summed E-state index contributed by atoms with van der Waals surface area (Å²) in [6.07, 6.45) is 10.0. The number of nitrogens with zero attached hydrogens (tertiary/aromatic N) is 1. The third-order valence-electron chi connectivity index (χ3n) is 7.66. The molecule has 0 spiro atoms. The summed E-state index contributed by atoms with van der Waals surface area (Å²) in [6, 6.07) is 13.7. The van der Waals surface area contributed by atoms with Crippen molar-refractivity contribution in [2.45, 2.75) is 70.8 Å². The van der Waals surface area contributed by atoms with Gasteiger partial charge in [-0.05, 0) is 86.9 Å². The summed E-state index contributed by atoms with van der Waals surface area (Å²) < 4.78 is 0. The van der Waals surface area contributed by atoms with Crippen molar-refractivity contribution in [3.63, 3.8) is 0 Å². The average Bonchev–Trinajstić information content (AvgIpc) is 3.54. The fourth-order valence-electron chi connectivity index (χ4n) is 5.41. The standard InChI is InChI=1S/C28H34N4O2/c1-2-18-7-9-20(10-8-18)27(33)30-23-14-11-19(12-15-23)26-31-24-16-13-21(17-25(24)32-26)28(34)29-22-5-3-4-6-22/h11-18,20,22H,2-10H2,1H3,(H,29,34)(H,30,33)(H,31,32). The van der Waals surface area contributed by atoms with E-state index in [9.17, 15) is 9.59 Å². The summed E-state index contributed by atoms with van der Waals surface area (Å²) in [5.41, 5.74) is 4.06. The van der Waals surface area contributed by atoms with Crippen LogP contribution in [0.2, 0.25) is 0 Å². The number of fused-ring (bicyclic) bond motifs is 1. The molecule has 2 aromatic carbocycles. The summed E-state index contributed by atoms with van der Waals surface area (Å²) in [7, 11) is 0. The van der Waals surface area contributed by atoms with E-state index < -0.39 is 0 Å². The number of benzene rings is 2. The number of rotatable bonds is 6. The number of H-pyrrole nitrogens is 1. The molecule has 3 N–H and O–H groups in total. The Morgan fingerprint density at radius 3 is 2.41 bits per heavy atom. The van der Waals surface area contributed by atoms with Gasteiger partial charge in [-0.3, -0.25) is 9.59 Å². The molecule has 1 aromatic heterocycles. The van der Waals surface area contributed by atoms with Gasteiger partial charge in [0.2, 0.25) is 5.91 Å². The molecule has 0 aliphatic heterocycles. The number of aromatic nitrogens is 2. The van der Waals surface area contributed by atoms with Crippen LogP contribution < -0.4 is 10.6 Å². The molecule has 2 fully saturated rings. The first kappa shape index (κ1) is 22.6. The largest absolute Gasteiger partial charge is 0.349 e. The molecule has 3 aromatic rings. The van der Waals surface area contributed by atoms with Gasteiger partial charge >= 0.3 is 0 Å². The van der Waals surface area contributed by atoms with E-state index in [1.54, 1.807) is 0 Å². The predicted molar refractivity (Wildman–Crippen MR) is 136 cm³/mol. The molecule has 1 heterocycles. The number of carbonyl (C=O) groups is 2. The second kappa shape index (κ2) is 10.00. The maximum Gasteiger partial charge on any atom is 0.251 e. The van der Waals surface area contributed by atoms with Crippen molar-refractivity contribution in [3.05, 3.63) is 48.0 Å². The SMILES string of the molecule is CCC1CCC(C(=O)Nc2ccc(-c3nc4cc(C(=O)NC5CCCC5)ccc4[nH]3)cc2)CC1. The van der Waals surface area contributed by atoms with Crippen molar-refractivity contribution in [2.24, 2.45) is 11.8 Å². The first-order chi connectivity index (χ1) is 16.6. The number of hydrogen-bond donors (Lipinski definition) is 3. The van der Waals surface area contributed by atoms with Crippen molar-refractivity contribution in [2.75, 3.05) is 5.32 Å². The van der Waals surface area contributed by atoms with Gasteiger partial charge in [0.05, 0.1) is 11.0 Å². The lowest BCUT2D eigenvalue weighted by molar-refractivity contribution is -0.121. The van der Waals surface area contributed by atoms with Crippen LogP contribution in [0.3, 0.4) is 0 Å². The first-order valence-electron chi connectivity index (χ1n) is 12.8. The molecule has 2 aliphatic rings. The van der Waals surface area contributed by atoms with Crippen molar-refractivity contribution >= 4 is 28.5 Å². The fraction of sp³-hybridized carbons (Fsp3) is 0.464. The lowest BCUT2D eigenvalue weighted by atomic mass is 9.80. The molecule has 2 aliphatic carbocycles. The molecule has 0 unspecified atom stereocenters. The van der Waals surface area contributed by atoms with Gasteiger partial charge in [-0.15, -0.1) is 0 Å². The Labute approximate surface area is 200 Å². The third-order valence-corrected chi connectivity index (χ3v) is 7.66. The van der Waals surface area contributed by atoms with Gasteiger partial charge in [0.1, 0.15) is 5.82 Å². The third kappa shape index (κ3) is 5.01. The minimum absolute atomic E-state index is 0.0263. The Hall–Kier alpha value is -3.15. The van der Waals surface area contributed by atoms with Gasteiger partial charge in [-0.1, -0.05) is 26.2 Å². The highest BCUT2D eigenvalue weighted by Crippen LogP contribution is 2.31. The van der Waals surface area contributed by atoms with E-state index >= 15 is 0 Å². The number of imidazole rings is 1. The quantitative estimate of drug-likeness (QED) is 0.420. The zero-order valence-corrected chi connectivity index (χ0v) is 19.9. The van der Waals surface area contributed by atoms with Crippen molar-refractivity contribution in [1.29, 1.82) is 0 Å². The normalized spacial score (nSPS) is 21.0. The van der Waals surface area contributed by atoms with Gasteiger partial charge in [0, 0.05) is 28.8 Å². The lowest BCUT2D eigenvalue weighted by Crippen LogP contribution is -2.32. The Bertz CT molecular complexity index is 1150. The zero-order valence-electron chi connectivity index (χ0n) is 19.9. The summed E-state index contributed by atoms with van der Waals surface area (Å²) in [4.78, 5) is 33.3. The van der Waals surface area contributed by atoms with Crippen LogP contribution in [0, 0.1) is 11.8 Å². The molecule has 2 amide bonds. The van der Waals surface area contributed by atoms with Crippen LogP contribution in [0.15, 0.2) is 42.5 Å². The minimum atomic E-state index is -0.0263. The average molecular weight is 459 g/mol. The van der Waals surface area contributed by atoms with Gasteiger partial charge in [-0.25, -0.2) is 4.98 Å². The highest BCUT2D eigenvalue weighted by atomic mass is 16.2. The van der Waals surface area contributed by atoms with Gasteiger partial charge in [-0.2, -0.15) is 0 Å². The topological polar surface area (TPSA) is 86.9 Å². The number of amides is 2. The molecule has 34 heavy (non-hydrogen) atoms. The minimum Gasteiger partial charge on any atom is -0.349 e. The Balaban J connectivity index is 1.23. The number of hydrogen-bond acceptors (Lipinski definition) is 3. The van der Waals surface area contributed by atoms with Crippen LogP contribution >= 0.6 is 0 Å². The van der Waals surface area contributed by atoms with Crippen LogP contribution in [-0.2, 0) is 4.79 Å².